The molecule has 152 valence electrons. The topological polar surface area (TPSA) is 81.9 Å². The first-order valence-electron chi connectivity index (χ1n) is 9.12. The summed E-state index contributed by atoms with van der Waals surface area (Å²) >= 11 is 0. The van der Waals surface area contributed by atoms with Crippen molar-refractivity contribution < 1.29 is 20.5 Å². The number of nitrogens with two attached hydrogens (primary N) is 1. The van der Waals surface area contributed by atoms with Gasteiger partial charge in [0.05, 0.1) is 18.2 Å². The molecule has 0 saturated carbocycles. The molecule has 0 unspecified atom stereocenters. The van der Waals surface area contributed by atoms with Gasteiger partial charge in [0, 0.05) is 35.7 Å². The van der Waals surface area contributed by atoms with Crippen LogP contribution in [0.1, 0.15) is 55.8 Å². The predicted molar refractivity (Wildman–Crippen MR) is 105 cm³/mol. The third-order valence-corrected chi connectivity index (χ3v) is 4.49. The van der Waals surface area contributed by atoms with E-state index in [4.69, 9.17) is 10.5 Å². The molecule has 0 aromatic rings. The van der Waals surface area contributed by atoms with Gasteiger partial charge in [0.1, 0.15) is 5.78 Å². The van der Waals surface area contributed by atoms with Crippen molar-refractivity contribution in [2.45, 2.75) is 72.6 Å². The minimum absolute atomic E-state index is 0. The van der Waals surface area contributed by atoms with E-state index < -0.39 is 6.04 Å². The van der Waals surface area contributed by atoms with Gasteiger partial charge in [0.25, 0.3) is 0 Å². The molecule has 1 amide bonds. The lowest BCUT2D eigenvalue weighted by Crippen LogP contribution is -2.55. The highest BCUT2D eigenvalue weighted by molar-refractivity contribution is 5.82. The Morgan fingerprint density at radius 3 is 1.92 bits per heavy atom. The molecule has 0 saturated heterocycles. The van der Waals surface area contributed by atoms with Gasteiger partial charge in [0.15, 0.2) is 0 Å². The van der Waals surface area contributed by atoms with E-state index in [-0.39, 0.29) is 37.1 Å². The van der Waals surface area contributed by atoms with E-state index in [0.29, 0.717) is 6.42 Å². The molecule has 25 heavy (non-hydrogen) atoms. The van der Waals surface area contributed by atoms with Crippen LogP contribution in [0, 0.1) is 11.8 Å². The molecule has 0 spiro atoms. The van der Waals surface area contributed by atoms with Crippen molar-refractivity contribution in [3.05, 3.63) is 0 Å². The van der Waals surface area contributed by atoms with Crippen molar-refractivity contribution in [3.63, 3.8) is 0 Å². The lowest BCUT2D eigenvalue weighted by molar-refractivity contribution is -0.140. The molecule has 0 aromatic heterocycles. The van der Waals surface area contributed by atoms with Crippen LogP contribution in [0.4, 0.5) is 0 Å². The van der Waals surface area contributed by atoms with Crippen LogP contribution >= 0.6 is 0 Å². The number of carbonyl (C=O) groups is 2. The normalized spacial score (nSPS) is 15.6. The van der Waals surface area contributed by atoms with Gasteiger partial charge in [0.2, 0.25) is 5.91 Å². The summed E-state index contributed by atoms with van der Waals surface area (Å²) in [4.78, 5) is 25.6. The maximum atomic E-state index is 12.5. The summed E-state index contributed by atoms with van der Waals surface area (Å²) in [5, 5.41) is 0. The first-order chi connectivity index (χ1) is 11.6. The molecule has 0 bridgehead atoms. The molecule has 2 N–H and O–H groups in total. The van der Waals surface area contributed by atoms with Gasteiger partial charge in [-0.1, -0.05) is 34.1 Å². The summed E-state index contributed by atoms with van der Waals surface area (Å²) in [7, 11) is 5.03. The standard InChI is InChI=1S/C16H32N2O3.C3H8O.H2/c1-8-11(4)15(13(21-7)9-12(5)19)18(6)16(20)14(17)10(2)3;1-3-4-2;/h10-11,13-15H,8-9,17H2,1-7H3;3H2,1-2H3;1H/t11-,13+,14-,15-;;/m0../s1. The molecule has 0 fully saturated rings. The average Bonchev–Trinajstić information content (AvgIpc) is 2.58. The van der Waals surface area contributed by atoms with E-state index in [9.17, 15) is 9.59 Å². The molecular formula is C19H42N2O4. The van der Waals surface area contributed by atoms with Gasteiger partial charge in [-0.05, 0) is 25.7 Å². The molecule has 0 rings (SSSR count). The highest BCUT2D eigenvalue weighted by Crippen LogP contribution is 2.22. The number of rotatable bonds is 10. The van der Waals surface area contributed by atoms with Gasteiger partial charge in [-0.25, -0.2) is 0 Å². The van der Waals surface area contributed by atoms with Gasteiger partial charge in [-0.15, -0.1) is 0 Å². The highest BCUT2D eigenvalue weighted by Gasteiger charge is 2.35. The zero-order valence-corrected chi connectivity index (χ0v) is 17.7. The summed E-state index contributed by atoms with van der Waals surface area (Å²) in [6.45, 7) is 12.3. The minimum atomic E-state index is -0.531. The monoisotopic (exact) mass is 362 g/mol. The summed E-state index contributed by atoms with van der Waals surface area (Å²) in [5.41, 5.74) is 5.98. The third-order valence-electron chi connectivity index (χ3n) is 4.49. The van der Waals surface area contributed by atoms with Crippen molar-refractivity contribution in [2.24, 2.45) is 17.6 Å². The molecule has 0 aliphatic carbocycles. The molecule has 0 radical (unpaired) electrons. The number of likely N-dealkylation sites (N-methyl/N-ethyl adjacent to an activating group) is 1. The van der Waals surface area contributed by atoms with Crippen LogP contribution in [0.5, 0.6) is 0 Å². The number of hydrogen-bond donors (Lipinski definition) is 1. The van der Waals surface area contributed by atoms with E-state index in [1.165, 1.54) is 0 Å². The first-order valence-corrected chi connectivity index (χ1v) is 9.12. The number of nitrogens with zero attached hydrogens (tertiary/aromatic N) is 1. The fourth-order valence-corrected chi connectivity index (χ4v) is 2.53. The van der Waals surface area contributed by atoms with Crippen LogP contribution in [0.15, 0.2) is 0 Å². The van der Waals surface area contributed by atoms with Crippen LogP contribution in [0.25, 0.3) is 0 Å². The lowest BCUT2D eigenvalue weighted by atomic mass is 9.89. The van der Waals surface area contributed by atoms with Crippen LogP contribution in [0.2, 0.25) is 0 Å². The maximum absolute atomic E-state index is 12.5. The molecular weight excluding hydrogens is 320 g/mol. The molecule has 0 aliphatic rings. The smallest absolute Gasteiger partial charge is 0.239 e. The molecule has 4 atom stereocenters. The zero-order valence-electron chi connectivity index (χ0n) is 17.7. The van der Waals surface area contributed by atoms with Gasteiger partial charge in [-0.3, -0.25) is 9.59 Å². The Morgan fingerprint density at radius 2 is 1.64 bits per heavy atom. The van der Waals surface area contributed by atoms with E-state index in [1.807, 2.05) is 20.8 Å². The van der Waals surface area contributed by atoms with Crippen LogP contribution in [-0.4, -0.2) is 62.7 Å². The number of ketones is 1. The number of carbonyl (C=O) groups excluding carboxylic acids is 2. The molecule has 6 heteroatoms. The SMILES string of the molecule is CCOC.CC[C@H](C)[C@@H]([C@@H](CC(C)=O)OC)N(C)C(=O)[C@@H](N)C(C)C.[HH]. The Balaban J connectivity index is -0.000000951. The molecule has 0 heterocycles. The Hall–Kier alpha value is -0.980. The second kappa shape index (κ2) is 14.2. The van der Waals surface area contributed by atoms with E-state index in [2.05, 4.69) is 18.6 Å². The first kappa shape index (κ1) is 26.3. The highest BCUT2D eigenvalue weighted by atomic mass is 16.5. The largest absolute Gasteiger partial charge is 0.385 e. The van der Waals surface area contributed by atoms with Crippen LogP contribution < -0.4 is 5.73 Å². The maximum Gasteiger partial charge on any atom is 0.239 e. The molecule has 0 aliphatic heterocycles. The zero-order chi connectivity index (χ0) is 20.2. The summed E-state index contributed by atoms with van der Waals surface area (Å²) in [5.74, 6) is 0.263. The summed E-state index contributed by atoms with van der Waals surface area (Å²) in [6.07, 6.45) is 0.905. The molecule has 6 nitrogen and oxygen atoms in total. The van der Waals surface area contributed by atoms with Gasteiger partial charge in [-0.2, -0.15) is 0 Å². The van der Waals surface area contributed by atoms with E-state index >= 15 is 0 Å². The molecule has 0 aromatic carbocycles. The number of hydrogen-bond acceptors (Lipinski definition) is 5. The van der Waals surface area contributed by atoms with Crippen LogP contribution in [0.3, 0.4) is 0 Å². The Labute approximate surface area is 155 Å². The number of methoxy groups -OCH3 is 2. The Kier molecular flexibility index (Phi) is 14.9. The quantitative estimate of drug-likeness (QED) is 0.646. The lowest BCUT2D eigenvalue weighted by Gasteiger charge is -2.39. The summed E-state index contributed by atoms with van der Waals surface area (Å²) in [6, 6.07) is -0.683. The van der Waals surface area contributed by atoms with Gasteiger partial charge >= 0.3 is 0 Å². The van der Waals surface area contributed by atoms with Crippen molar-refractivity contribution >= 4 is 11.7 Å². The third kappa shape index (κ3) is 9.92. The Morgan fingerprint density at radius 1 is 1.16 bits per heavy atom. The van der Waals surface area contributed by atoms with Crippen molar-refractivity contribution in [1.82, 2.24) is 4.90 Å². The fraction of sp³-hybridized carbons (Fsp3) is 0.895. The summed E-state index contributed by atoms with van der Waals surface area (Å²) < 4.78 is 10.0. The Bertz CT molecular complexity index is 379. The van der Waals surface area contributed by atoms with Gasteiger partial charge < -0.3 is 20.1 Å². The number of amides is 1. The minimum Gasteiger partial charge on any atom is -0.385 e. The van der Waals surface area contributed by atoms with Crippen molar-refractivity contribution in [1.29, 1.82) is 0 Å². The van der Waals surface area contributed by atoms with E-state index in [1.54, 1.807) is 33.1 Å². The van der Waals surface area contributed by atoms with E-state index in [0.717, 1.165) is 13.0 Å². The predicted octanol–water partition coefficient (Wildman–Crippen LogP) is 2.74. The second-order valence-corrected chi connectivity index (χ2v) is 6.85. The average molecular weight is 363 g/mol. The number of ether oxygens (including phenoxy) is 2. The van der Waals surface area contributed by atoms with Crippen LogP contribution in [-0.2, 0) is 19.1 Å². The van der Waals surface area contributed by atoms with Crippen molar-refractivity contribution in [3.8, 4) is 0 Å². The van der Waals surface area contributed by atoms with Crippen molar-refractivity contribution in [2.75, 3.05) is 27.9 Å². The number of Topliss-reactive ketones (excluding diaryl/α,β-unsaturated/α-hetero) is 1. The fourth-order valence-electron chi connectivity index (χ4n) is 2.53. The second-order valence-electron chi connectivity index (χ2n) is 6.85.